The van der Waals surface area contributed by atoms with Gasteiger partial charge in [-0.3, -0.25) is 4.72 Å². The number of sulfonamides is 1. The lowest BCUT2D eigenvalue weighted by Crippen LogP contribution is -2.28. The molecule has 0 aliphatic heterocycles. The molecule has 1 aromatic rings. The third kappa shape index (κ3) is 8.50. The highest BCUT2D eigenvalue weighted by atomic mass is 79.9. The van der Waals surface area contributed by atoms with Crippen LogP contribution < -0.4 is 14.8 Å². The first kappa shape index (κ1) is 20.1. The largest absolute Gasteiger partial charge is 0.475 e. The minimum atomic E-state index is -3.46. The number of hydrogen-bond acceptors (Lipinski definition) is 6. The number of hydrogen-bond donors (Lipinski definition) is 2. The predicted molar refractivity (Wildman–Crippen MR) is 96.5 cm³/mol. The maximum Gasteiger partial charge on any atom is 0.238 e. The Morgan fingerprint density at radius 1 is 1.39 bits per heavy atom. The molecular weight excluding hydrogens is 384 g/mol. The van der Waals surface area contributed by atoms with Gasteiger partial charge in [-0.05, 0) is 36.1 Å². The van der Waals surface area contributed by atoms with Gasteiger partial charge in [0.15, 0.2) is 0 Å². The van der Waals surface area contributed by atoms with Gasteiger partial charge in [-0.15, -0.1) is 0 Å². The summed E-state index contributed by atoms with van der Waals surface area (Å²) in [6, 6.07) is 2.01. The van der Waals surface area contributed by atoms with E-state index in [2.05, 4.69) is 31.0 Å². The molecule has 9 heteroatoms. The molecule has 2 N–H and O–H groups in total. The number of pyridine rings is 1. The van der Waals surface area contributed by atoms with Crippen LogP contribution in [0.2, 0.25) is 0 Å². The molecule has 0 aliphatic carbocycles. The molecule has 0 unspecified atom stereocenters. The Morgan fingerprint density at radius 2 is 2.09 bits per heavy atom. The van der Waals surface area contributed by atoms with Crippen LogP contribution in [0.4, 0.5) is 5.69 Å². The SMILES string of the molecule is CC(C)NCCOc1ncc(Br)cc1NS(=O)(=O)CCN(C)C. The molecule has 1 aromatic heterocycles. The van der Waals surface area contributed by atoms with Crippen LogP contribution in [0.5, 0.6) is 5.88 Å². The summed E-state index contributed by atoms with van der Waals surface area (Å²) in [7, 11) is 0.191. The Bertz CT molecular complexity index is 594. The first-order valence-electron chi connectivity index (χ1n) is 7.36. The number of rotatable bonds is 10. The van der Waals surface area contributed by atoms with Gasteiger partial charge in [0.1, 0.15) is 12.3 Å². The van der Waals surface area contributed by atoms with E-state index in [1.54, 1.807) is 12.3 Å². The molecule has 1 heterocycles. The van der Waals surface area contributed by atoms with E-state index in [9.17, 15) is 8.42 Å². The zero-order chi connectivity index (χ0) is 17.5. The number of halogens is 1. The summed E-state index contributed by atoms with van der Waals surface area (Å²) in [6.07, 6.45) is 1.57. The Labute approximate surface area is 147 Å². The van der Waals surface area contributed by atoms with Gasteiger partial charge in [0.05, 0.1) is 5.75 Å². The van der Waals surface area contributed by atoms with Crippen LogP contribution in [0.1, 0.15) is 13.8 Å². The van der Waals surface area contributed by atoms with Crippen LogP contribution >= 0.6 is 15.9 Å². The quantitative estimate of drug-likeness (QED) is 0.571. The van der Waals surface area contributed by atoms with E-state index in [0.29, 0.717) is 35.9 Å². The van der Waals surface area contributed by atoms with Crippen molar-refractivity contribution in [2.45, 2.75) is 19.9 Å². The monoisotopic (exact) mass is 408 g/mol. The predicted octanol–water partition coefficient (Wildman–Crippen LogP) is 1.52. The van der Waals surface area contributed by atoms with Crippen molar-refractivity contribution < 1.29 is 13.2 Å². The number of nitrogens with zero attached hydrogens (tertiary/aromatic N) is 2. The van der Waals surface area contributed by atoms with Gasteiger partial charge in [0.25, 0.3) is 0 Å². The molecule has 132 valence electrons. The maximum absolute atomic E-state index is 12.1. The number of anilines is 1. The number of nitrogens with one attached hydrogen (secondary N) is 2. The van der Waals surface area contributed by atoms with Crippen LogP contribution in [0, 0.1) is 0 Å². The normalized spacial score (nSPS) is 12.0. The van der Waals surface area contributed by atoms with E-state index < -0.39 is 10.0 Å². The summed E-state index contributed by atoms with van der Waals surface area (Å²) in [5, 5.41) is 3.22. The molecular formula is C14H25BrN4O3S. The Hall–Kier alpha value is -0.900. The van der Waals surface area contributed by atoms with Crippen LogP contribution in [0.3, 0.4) is 0 Å². The van der Waals surface area contributed by atoms with Crippen molar-refractivity contribution in [2.75, 3.05) is 44.3 Å². The summed E-state index contributed by atoms with van der Waals surface area (Å²) < 4.78 is 33.1. The highest BCUT2D eigenvalue weighted by Gasteiger charge is 2.15. The van der Waals surface area contributed by atoms with Gasteiger partial charge in [-0.25, -0.2) is 13.4 Å². The fourth-order valence-corrected chi connectivity index (χ4v) is 3.15. The third-order valence-electron chi connectivity index (χ3n) is 2.78. The van der Waals surface area contributed by atoms with Crippen molar-refractivity contribution >= 4 is 31.6 Å². The number of ether oxygens (including phenoxy) is 1. The van der Waals surface area contributed by atoms with Gasteiger partial charge < -0.3 is 15.0 Å². The summed E-state index contributed by atoms with van der Waals surface area (Å²) in [6.45, 7) is 5.58. The minimum absolute atomic E-state index is 0.000851. The smallest absolute Gasteiger partial charge is 0.238 e. The van der Waals surface area contributed by atoms with Crippen molar-refractivity contribution in [3.05, 3.63) is 16.7 Å². The van der Waals surface area contributed by atoms with E-state index in [4.69, 9.17) is 4.74 Å². The van der Waals surface area contributed by atoms with Gasteiger partial charge in [0, 0.05) is 29.8 Å². The van der Waals surface area contributed by atoms with Crippen molar-refractivity contribution in [3.63, 3.8) is 0 Å². The molecule has 0 saturated heterocycles. The van der Waals surface area contributed by atoms with Crippen molar-refractivity contribution in [1.29, 1.82) is 0 Å². The maximum atomic E-state index is 12.1. The van der Waals surface area contributed by atoms with Crippen molar-refractivity contribution in [3.8, 4) is 5.88 Å². The zero-order valence-electron chi connectivity index (χ0n) is 14.0. The van der Waals surface area contributed by atoms with Gasteiger partial charge in [-0.2, -0.15) is 0 Å². The highest BCUT2D eigenvalue weighted by Crippen LogP contribution is 2.26. The molecule has 0 fully saturated rings. The lowest BCUT2D eigenvalue weighted by molar-refractivity contribution is 0.299. The van der Waals surface area contributed by atoms with Crippen molar-refractivity contribution in [1.82, 2.24) is 15.2 Å². The summed E-state index contributed by atoms with van der Waals surface area (Å²) in [5.41, 5.74) is 0.336. The van der Waals surface area contributed by atoms with Gasteiger partial charge >= 0.3 is 0 Å². The average molecular weight is 409 g/mol. The molecule has 0 bridgehead atoms. The topological polar surface area (TPSA) is 83.6 Å². The summed E-state index contributed by atoms with van der Waals surface area (Å²) >= 11 is 3.29. The molecule has 0 amide bonds. The Balaban J connectivity index is 2.74. The van der Waals surface area contributed by atoms with E-state index in [0.717, 1.165) is 0 Å². The molecule has 0 spiro atoms. The van der Waals surface area contributed by atoms with Crippen LogP contribution in [0.15, 0.2) is 16.7 Å². The van der Waals surface area contributed by atoms with E-state index in [1.807, 2.05) is 32.8 Å². The van der Waals surface area contributed by atoms with Crippen LogP contribution in [-0.2, 0) is 10.0 Å². The minimum Gasteiger partial charge on any atom is -0.475 e. The lowest BCUT2D eigenvalue weighted by Gasteiger charge is -2.15. The summed E-state index contributed by atoms with van der Waals surface area (Å²) in [5.74, 6) is 0.271. The fraction of sp³-hybridized carbons (Fsp3) is 0.643. The molecule has 0 aromatic carbocycles. The Morgan fingerprint density at radius 3 is 2.70 bits per heavy atom. The van der Waals surface area contributed by atoms with Crippen LogP contribution in [-0.4, -0.2) is 63.9 Å². The zero-order valence-corrected chi connectivity index (χ0v) is 16.4. The van der Waals surface area contributed by atoms with E-state index in [1.165, 1.54) is 0 Å². The van der Waals surface area contributed by atoms with Gasteiger partial charge in [-0.1, -0.05) is 13.8 Å². The lowest BCUT2D eigenvalue weighted by atomic mass is 10.4. The molecule has 7 nitrogen and oxygen atoms in total. The molecule has 0 radical (unpaired) electrons. The molecule has 23 heavy (non-hydrogen) atoms. The Kier molecular flexibility index (Phi) is 8.24. The van der Waals surface area contributed by atoms with Gasteiger partial charge in [0.2, 0.25) is 15.9 Å². The second kappa shape index (κ2) is 9.41. The number of aromatic nitrogens is 1. The van der Waals surface area contributed by atoms with Crippen LogP contribution in [0.25, 0.3) is 0 Å². The second-order valence-corrected chi connectivity index (χ2v) is 8.45. The summed E-state index contributed by atoms with van der Waals surface area (Å²) in [4.78, 5) is 5.95. The second-order valence-electron chi connectivity index (χ2n) is 5.69. The average Bonchev–Trinajstić information content (AvgIpc) is 2.43. The molecule has 0 aliphatic rings. The van der Waals surface area contributed by atoms with Crippen molar-refractivity contribution in [2.24, 2.45) is 0 Å². The first-order valence-corrected chi connectivity index (χ1v) is 9.81. The standard InChI is InChI=1S/C14H25BrN4O3S/c1-11(2)16-5-7-22-14-13(9-12(15)10-17-14)18-23(20,21)8-6-19(3)4/h9-11,16,18H,5-8H2,1-4H3. The first-order chi connectivity index (χ1) is 10.7. The molecule has 1 rings (SSSR count). The fourth-order valence-electron chi connectivity index (χ4n) is 1.63. The highest BCUT2D eigenvalue weighted by molar-refractivity contribution is 9.10. The van der Waals surface area contributed by atoms with E-state index >= 15 is 0 Å². The third-order valence-corrected chi connectivity index (χ3v) is 4.47. The molecule has 0 saturated carbocycles. The molecule has 0 atom stereocenters. The van der Waals surface area contributed by atoms with E-state index in [-0.39, 0.29) is 11.6 Å².